The van der Waals surface area contributed by atoms with Crippen LogP contribution < -0.4 is 9.64 Å². The van der Waals surface area contributed by atoms with E-state index >= 15 is 0 Å². The highest BCUT2D eigenvalue weighted by Crippen LogP contribution is 2.45. The van der Waals surface area contributed by atoms with Gasteiger partial charge in [0.15, 0.2) is 29.6 Å². The van der Waals surface area contributed by atoms with E-state index in [2.05, 4.69) is 15.1 Å². The molecule has 0 radical (unpaired) electrons. The van der Waals surface area contributed by atoms with Gasteiger partial charge in [-0.3, -0.25) is 4.98 Å². The highest BCUT2D eigenvalue weighted by atomic mass is 19.4. The molecule has 0 amide bonds. The SMILES string of the molecule is Cc1cc(N2C[C@H]3CC[C@@H](C2)C3Cc2nc3c(OCC(F)(F)F)ccc(C(F)(F)F)n3n2)c(F)cn1. The Morgan fingerprint density at radius 3 is 2.39 bits per heavy atom. The van der Waals surface area contributed by atoms with Gasteiger partial charge in [0.2, 0.25) is 0 Å². The second-order valence-electron chi connectivity index (χ2n) is 9.40. The van der Waals surface area contributed by atoms with Gasteiger partial charge in [0.05, 0.1) is 11.9 Å². The monoisotopic (exact) mass is 517 g/mol. The molecule has 6 nitrogen and oxygen atoms in total. The van der Waals surface area contributed by atoms with Gasteiger partial charge in [0.1, 0.15) is 5.69 Å². The van der Waals surface area contributed by atoms with E-state index in [0.717, 1.165) is 18.9 Å². The molecule has 13 heteroatoms. The topological polar surface area (TPSA) is 55.6 Å². The molecule has 0 aromatic carbocycles. The molecule has 2 aliphatic rings. The summed E-state index contributed by atoms with van der Waals surface area (Å²) in [5.41, 5.74) is -0.399. The lowest BCUT2D eigenvalue weighted by atomic mass is 9.82. The van der Waals surface area contributed by atoms with E-state index < -0.39 is 41.9 Å². The van der Waals surface area contributed by atoms with E-state index in [0.29, 0.717) is 35.1 Å². The highest BCUT2D eigenvalue weighted by Gasteiger charge is 2.43. The fourth-order valence-corrected chi connectivity index (χ4v) is 5.40. The third-order valence-electron chi connectivity index (χ3n) is 6.93. The van der Waals surface area contributed by atoms with Crippen molar-refractivity contribution in [3.8, 4) is 5.75 Å². The molecule has 1 saturated carbocycles. The molecule has 0 N–H and O–H groups in total. The summed E-state index contributed by atoms with van der Waals surface area (Å²) in [5.74, 6) is -0.396. The van der Waals surface area contributed by atoms with Gasteiger partial charge in [0.25, 0.3) is 0 Å². The molecule has 3 aromatic heterocycles. The maximum atomic E-state index is 14.4. The molecule has 3 aromatic rings. The molecule has 1 saturated heterocycles. The molecule has 36 heavy (non-hydrogen) atoms. The maximum absolute atomic E-state index is 14.4. The molecule has 3 atom stereocenters. The number of fused-ring (bicyclic) bond motifs is 3. The van der Waals surface area contributed by atoms with Crippen molar-refractivity contribution < 1.29 is 35.5 Å². The molecule has 1 aliphatic carbocycles. The van der Waals surface area contributed by atoms with E-state index in [9.17, 15) is 30.7 Å². The number of nitrogens with zero attached hydrogens (tertiary/aromatic N) is 5. The molecule has 1 aliphatic heterocycles. The Hall–Kier alpha value is -3.12. The van der Waals surface area contributed by atoms with Crippen molar-refractivity contribution in [1.29, 1.82) is 0 Å². The molecule has 1 unspecified atom stereocenters. The highest BCUT2D eigenvalue weighted by molar-refractivity contribution is 5.54. The van der Waals surface area contributed by atoms with Crippen LogP contribution in [0.25, 0.3) is 5.65 Å². The van der Waals surface area contributed by atoms with Crippen LogP contribution >= 0.6 is 0 Å². The number of piperidine rings is 1. The predicted octanol–water partition coefficient (Wildman–Crippen LogP) is 5.24. The number of alkyl halides is 6. The summed E-state index contributed by atoms with van der Waals surface area (Å²) < 4.78 is 98.2. The number of ether oxygens (including phenoxy) is 1. The van der Waals surface area contributed by atoms with Crippen LogP contribution in [0.4, 0.5) is 36.4 Å². The first kappa shape index (κ1) is 24.6. The first-order chi connectivity index (χ1) is 16.9. The molecule has 2 fully saturated rings. The van der Waals surface area contributed by atoms with Crippen molar-refractivity contribution >= 4 is 11.3 Å². The van der Waals surface area contributed by atoms with Crippen molar-refractivity contribution in [3.05, 3.63) is 47.4 Å². The van der Waals surface area contributed by atoms with Crippen molar-refractivity contribution in [2.75, 3.05) is 24.6 Å². The second-order valence-corrected chi connectivity index (χ2v) is 9.40. The van der Waals surface area contributed by atoms with Gasteiger partial charge < -0.3 is 9.64 Å². The number of rotatable bonds is 5. The number of halogens is 7. The Balaban J connectivity index is 1.41. The third-order valence-corrected chi connectivity index (χ3v) is 6.93. The second kappa shape index (κ2) is 8.77. The lowest BCUT2D eigenvalue weighted by Crippen LogP contribution is -2.43. The molecule has 5 rings (SSSR count). The van der Waals surface area contributed by atoms with Gasteiger partial charge in [-0.2, -0.15) is 31.4 Å². The lowest BCUT2D eigenvalue weighted by molar-refractivity contribution is -0.153. The number of hydrogen-bond donors (Lipinski definition) is 0. The summed E-state index contributed by atoms with van der Waals surface area (Å²) in [7, 11) is 0. The average molecular weight is 517 g/mol. The molecular weight excluding hydrogens is 495 g/mol. The lowest BCUT2D eigenvalue weighted by Gasteiger charge is -2.39. The maximum Gasteiger partial charge on any atom is 0.433 e. The van der Waals surface area contributed by atoms with Gasteiger partial charge >= 0.3 is 12.4 Å². The summed E-state index contributed by atoms with van der Waals surface area (Å²) in [4.78, 5) is 10.1. The summed E-state index contributed by atoms with van der Waals surface area (Å²) in [6, 6.07) is 3.15. The Morgan fingerprint density at radius 2 is 1.75 bits per heavy atom. The van der Waals surface area contributed by atoms with Crippen LogP contribution in [0.2, 0.25) is 0 Å². The van der Waals surface area contributed by atoms with E-state index in [1.165, 1.54) is 6.20 Å². The fraction of sp³-hybridized carbons (Fsp3) is 0.522. The van der Waals surface area contributed by atoms with Crippen molar-refractivity contribution in [2.45, 2.75) is 38.5 Å². The standard InChI is InChI=1S/C23H22F7N5O/c1-12-6-17(16(24)8-31-12)34-9-13-2-3-14(10-34)15(13)7-20-32-21-18(36-11-22(25,26)27)4-5-19(23(28,29)30)35(21)33-20/h4-6,8,13-15H,2-3,7,9-11H2,1H3/t13-,14+,15?. The third kappa shape index (κ3) is 4.79. The normalized spacial score (nSPS) is 22.4. The Morgan fingerprint density at radius 1 is 1.06 bits per heavy atom. The number of pyridine rings is 2. The van der Waals surface area contributed by atoms with Gasteiger partial charge in [0, 0.05) is 25.2 Å². The molecule has 2 bridgehead atoms. The summed E-state index contributed by atoms with van der Waals surface area (Å²) in [5, 5.41) is 4.02. The predicted molar refractivity (Wildman–Crippen MR) is 114 cm³/mol. The first-order valence-corrected chi connectivity index (χ1v) is 11.4. The van der Waals surface area contributed by atoms with Crippen LogP contribution in [-0.2, 0) is 12.6 Å². The molecule has 4 heterocycles. The van der Waals surface area contributed by atoms with E-state index in [1.807, 2.05) is 4.90 Å². The zero-order valence-electron chi connectivity index (χ0n) is 19.1. The van der Waals surface area contributed by atoms with Crippen LogP contribution in [-0.4, -0.2) is 45.5 Å². The molecular formula is C23H22F7N5O. The number of anilines is 1. The summed E-state index contributed by atoms with van der Waals surface area (Å²) >= 11 is 0. The number of aryl methyl sites for hydroxylation is 1. The largest absolute Gasteiger partial charge is 0.480 e. The number of aromatic nitrogens is 4. The summed E-state index contributed by atoms with van der Waals surface area (Å²) in [6.45, 7) is 1.26. The Bertz CT molecular complexity index is 1260. The van der Waals surface area contributed by atoms with Crippen LogP contribution in [0, 0.1) is 30.5 Å². The quantitative estimate of drug-likeness (QED) is 0.434. The van der Waals surface area contributed by atoms with Crippen molar-refractivity contribution in [3.63, 3.8) is 0 Å². The van der Waals surface area contributed by atoms with Crippen LogP contribution in [0.5, 0.6) is 5.75 Å². The minimum Gasteiger partial charge on any atom is -0.480 e. The zero-order valence-corrected chi connectivity index (χ0v) is 19.1. The van der Waals surface area contributed by atoms with Gasteiger partial charge in [-0.25, -0.2) is 13.9 Å². The zero-order chi connectivity index (χ0) is 25.8. The minimum absolute atomic E-state index is 0.0542. The van der Waals surface area contributed by atoms with E-state index in [1.54, 1.807) is 13.0 Å². The van der Waals surface area contributed by atoms with Crippen molar-refractivity contribution in [2.24, 2.45) is 17.8 Å². The first-order valence-electron chi connectivity index (χ1n) is 11.4. The smallest absolute Gasteiger partial charge is 0.433 e. The van der Waals surface area contributed by atoms with Gasteiger partial charge in [-0.15, -0.1) is 0 Å². The average Bonchev–Trinajstić information content (AvgIpc) is 3.29. The minimum atomic E-state index is -4.79. The van der Waals surface area contributed by atoms with Gasteiger partial charge in [-0.1, -0.05) is 0 Å². The van der Waals surface area contributed by atoms with Crippen LogP contribution in [0.3, 0.4) is 0 Å². The van der Waals surface area contributed by atoms with E-state index in [-0.39, 0.29) is 30.0 Å². The molecule has 0 spiro atoms. The van der Waals surface area contributed by atoms with Crippen LogP contribution in [0.15, 0.2) is 24.4 Å². The van der Waals surface area contributed by atoms with E-state index in [4.69, 9.17) is 4.74 Å². The summed E-state index contributed by atoms with van der Waals surface area (Å²) in [6.07, 6.45) is -6.25. The van der Waals surface area contributed by atoms with Gasteiger partial charge in [-0.05, 0) is 55.7 Å². The van der Waals surface area contributed by atoms with Crippen LogP contribution in [0.1, 0.15) is 30.1 Å². The molecule has 194 valence electrons. The Labute approximate surface area is 201 Å². The Kier molecular flexibility index (Phi) is 5.98. The fourth-order valence-electron chi connectivity index (χ4n) is 5.40. The number of hydrogen-bond acceptors (Lipinski definition) is 5. The van der Waals surface area contributed by atoms with Crippen molar-refractivity contribution in [1.82, 2.24) is 19.6 Å².